The second-order valence-corrected chi connectivity index (χ2v) is 3.20. The van der Waals surface area contributed by atoms with Gasteiger partial charge in [-0.25, -0.2) is 0 Å². The van der Waals surface area contributed by atoms with Gasteiger partial charge in [0, 0.05) is 0 Å². The Hall–Kier alpha value is -2.47. The van der Waals surface area contributed by atoms with Crippen LogP contribution in [0.5, 0.6) is 0 Å². The highest BCUT2D eigenvalue weighted by Gasteiger charge is 2.29. The molecule has 0 saturated heterocycles. The molecule has 92 valence electrons. The Bertz CT molecular complexity index is 521. The molecular formula is C12H7F3N2O. The van der Waals surface area contributed by atoms with Crippen LogP contribution in [0, 0.1) is 22.7 Å². The molecule has 1 aromatic carbocycles. The fraction of sp³-hybridized carbons (Fsp3) is 0.167. The molecule has 6 heteroatoms. The smallest absolute Gasteiger partial charge is 0.422 e. The van der Waals surface area contributed by atoms with Crippen LogP contribution < -0.4 is 0 Å². The minimum absolute atomic E-state index is 0.220. The first kappa shape index (κ1) is 13.6. The highest BCUT2D eigenvalue weighted by atomic mass is 19.4. The predicted molar refractivity (Wildman–Crippen MR) is 56.6 cm³/mol. The third-order valence-electron chi connectivity index (χ3n) is 1.88. The number of benzene rings is 1. The minimum atomic E-state index is -4.56. The molecule has 0 spiro atoms. The fourth-order valence-electron chi connectivity index (χ4n) is 1.17. The number of hydrogen-bond donors (Lipinski definition) is 0. The molecule has 0 unspecified atom stereocenters. The van der Waals surface area contributed by atoms with Crippen molar-refractivity contribution >= 4 is 5.57 Å². The number of rotatable bonds is 3. The van der Waals surface area contributed by atoms with Crippen molar-refractivity contribution in [3.63, 3.8) is 0 Å². The van der Waals surface area contributed by atoms with Gasteiger partial charge < -0.3 is 4.74 Å². The van der Waals surface area contributed by atoms with Crippen molar-refractivity contribution in [1.82, 2.24) is 0 Å². The molecule has 0 aliphatic heterocycles. The SMILES string of the molecule is N#CC(OCC(F)(F)F)=C(C#N)c1ccccc1. The zero-order valence-electron chi connectivity index (χ0n) is 9.03. The van der Waals surface area contributed by atoms with Crippen molar-refractivity contribution in [3.8, 4) is 12.1 Å². The van der Waals surface area contributed by atoms with Crippen LogP contribution in [-0.4, -0.2) is 12.8 Å². The normalized spacial score (nSPS) is 12.1. The lowest BCUT2D eigenvalue weighted by atomic mass is 10.1. The lowest BCUT2D eigenvalue weighted by Crippen LogP contribution is -2.16. The van der Waals surface area contributed by atoms with Gasteiger partial charge in [-0.05, 0) is 5.56 Å². The third-order valence-corrected chi connectivity index (χ3v) is 1.88. The Balaban J connectivity index is 3.06. The van der Waals surface area contributed by atoms with Gasteiger partial charge in [0.1, 0.15) is 17.7 Å². The summed E-state index contributed by atoms with van der Waals surface area (Å²) in [5.41, 5.74) is 0.112. The molecule has 0 aromatic heterocycles. The van der Waals surface area contributed by atoms with Gasteiger partial charge in [0.15, 0.2) is 6.61 Å². The van der Waals surface area contributed by atoms with Gasteiger partial charge in [-0.1, -0.05) is 30.3 Å². The van der Waals surface area contributed by atoms with Gasteiger partial charge in [-0.2, -0.15) is 23.7 Å². The molecule has 3 nitrogen and oxygen atoms in total. The quantitative estimate of drug-likeness (QED) is 0.613. The third kappa shape index (κ3) is 3.84. The summed E-state index contributed by atoms with van der Waals surface area (Å²) in [7, 11) is 0. The topological polar surface area (TPSA) is 56.8 Å². The maximum Gasteiger partial charge on any atom is 0.422 e. The van der Waals surface area contributed by atoms with E-state index in [1.807, 2.05) is 0 Å². The van der Waals surface area contributed by atoms with Crippen LogP contribution in [0.3, 0.4) is 0 Å². The molecule has 0 heterocycles. The lowest BCUT2D eigenvalue weighted by molar-refractivity contribution is -0.163. The van der Waals surface area contributed by atoms with Crippen molar-refractivity contribution in [2.75, 3.05) is 6.61 Å². The molecular weight excluding hydrogens is 245 g/mol. The van der Waals surface area contributed by atoms with E-state index >= 15 is 0 Å². The van der Waals surface area contributed by atoms with Crippen molar-refractivity contribution in [1.29, 1.82) is 10.5 Å². The number of nitriles is 2. The molecule has 0 fully saturated rings. The summed E-state index contributed by atoms with van der Waals surface area (Å²) in [6.07, 6.45) is -4.56. The molecule has 0 saturated carbocycles. The van der Waals surface area contributed by atoms with Crippen molar-refractivity contribution in [3.05, 3.63) is 41.7 Å². The van der Waals surface area contributed by atoms with E-state index in [4.69, 9.17) is 10.5 Å². The van der Waals surface area contributed by atoms with Gasteiger partial charge in [0.05, 0.1) is 0 Å². The largest absolute Gasteiger partial charge is 0.473 e. The summed E-state index contributed by atoms with van der Waals surface area (Å²) in [4.78, 5) is 0. The molecule has 1 rings (SSSR count). The maximum absolute atomic E-state index is 12.0. The van der Waals surface area contributed by atoms with Crippen molar-refractivity contribution in [2.24, 2.45) is 0 Å². The van der Waals surface area contributed by atoms with Crippen LogP contribution in [0.15, 0.2) is 36.1 Å². The van der Waals surface area contributed by atoms with Crippen molar-refractivity contribution in [2.45, 2.75) is 6.18 Å². The van der Waals surface area contributed by atoms with Gasteiger partial charge in [0.2, 0.25) is 5.76 Å². The monoisotopic (exact) mass is 252 g/mol. The molecule has 18 heavy (non-hydrogen) atoms. The number of ether oxygens (including phenoxy) is 1. The standard InChI is InChI=1S/C12H7F3N2O/c13-12(14,15)8-18-11(7-17)10(6-16)9-4-2-1-3-5-9/h1-5H,8H2. The van der Waals surface area contributed by atoms with Crippen LogP contribution in [0.25, 0.3) is 5.57 Å². The zero-order chi connectivity index (χ0) is 13.6. The van der Waals surface area contributed by atoms with E-state index in [0.29, 0.717) is 5.56 Å². The van der Waals surface area contributed by atoms with Gasteiger partial charge in [-0.3, -0.25) is 0 Å². The molecule has 0 amide bonds. The number of alkyl halides is 3. The van der Waals surface area contributed by atoms with Gasteiger partial charge in [-0.15, -0.1) is 0 Å². The highest BCUT2D eigenvalue weighted by Crippen LogP contribution is 2.21. The van der Waals surface area contributed by atoms with E-state index < -0.39 is 18.5 Å². The van der Waals surface area contributed by atoms with Crippen LogP contribution in [-0.2, 0) is 4.74 Å². The van der Waals surface area contributed by atoms with E-state index in [-0.39, 0.29) is 5.57 Å². The zero-order valence-corrected chi connectivity index (χ0v) is 9.03. The fourth-order valence-corrected chi connectivity index (χ4v) is 1.17. The second kappa shape index (κ2) is 5.74. The lowest BCUT2D eigenvalue weighted by Gasteiger charge is -2.09. The van der Waals surface area contributed by atoms with Crippen LogP contribution in [0.1, 0.15) is 5.56 Å². The van der Waals surface area contributed by atoms with E-state index in [1.54, 1.807) is 24.3 Å². The van der Waals surface area contributed by atoms with Crippen LogP contribution in [0.4, 0.5) is 13.2 Å². The Morgan fingerprint density at radius 2 is 1.72 bits per heavy atom. The molecule has 0 bridgehead atoms. The molecule has 0 aliphatic rings. The van der Waals surface area contributed by atoms with Gasteiger partial charge in [0.25, 0.3) is 0 Å². The first-order valence-electron chi connectivity index (χ1n) is 4.77. The number of nitrogens with zero attached hydrogens (tertiary/aromatic N) is 2. The summed E-state index contributed by atoms with van der Waals surface area (Å²) >= 11 is 0. The average molecular weight is 252 g/mol. The van der Waals surface area contributed by atoms with Crippen LogP contribution >= 0.6 is 0 Å². The van der Waals surface area contributed by atoms with Crippen molar-refractivity contribution < 1.29 is 17.9 Å². The summed E-state index contributed by atoms with van der Waals surface area (Å²) in [6.45, 7) is -1.60. The summed E-state index contributed by atoms with van der Waals surface area (Å²) < 4.78 is 40.3. The Morgan fingerprint density at radius 3 is 2.17 bits per heavy atom. The second-order valence-electron chi connectivity index (χ2n) is 3.20. The van der Waals surface area contributed by atoms with E-state index in [1.165, 1.54) is 18.2 Å². The Morgan fingerprint density at radius 1 is 1.11 bits per heavy atom. The summed E-state index contributed by atoms with van der Waals surface area (Å²) in [5.74, 6) is -0.638. The molecule has 0 atom stereocenters. The first-order chi connectivity index (χ1) is 8.48. The Labute approximate surface area is 101 Å². The number of halogens is 3. The van der Waals surface area contributed by atoms with E-state index in [0.717, 1.165) is 0 Å². The molecule has 0 aliphatic carbocycles. The molecule has 0 N–H and O–H groups in total. The molecule has 0 radical (unpaired) electrons. The van der Waals surface area contributed by atoms with E-state index in [9.17, 15) is 13.2 Å². The minimum Gasteiger partial charge on any atom is -0.473 e. The number of hydrogen-bond acceptors (Lipinski definition) is 3. The number of allylic oxidation sites excluding steroid dienone is 2. The average Bonchev–Trinajstić information content (AvgIpc) is 2.34. The molecule has 1 aromatic rings. The summed E-state index contributed by atoms with van der Waals surface area (Å²) in [6, 6.07) is 11.0. The van der Waals surface area contributed by atoms with E-state index in [2.05, 4.69) is 4.74 Å². The Kier molecular flexibility index (Phi) is 4.33. The summed E-state index contributed by atoms with van der Waals surface area (Å²) in [5, 5.41) is 17.6. The van der Waals surface area contributed by atoms with Crippen LogP contribution in [0.2, 0.25) is 0 Å². The predicted octanol–water partition coefficient (Wildman–Crippen LogP) is 3.02. The maximum atomic E-state index is 12.0. The first-order valence-corrected chi connectivity index (χ1v) is 4.77. The highest BCUT2D eigenvalue weighted by molar-refractivity contribution is 5.80. The van der Waals surface area contributed by atoms with Gasteiger partial charge >= 0.3 is 6.18 Å².